The van der Waals surface area contributed by atoms with Gasteiger partial charge in [-0.05, 0) is 50.8 Å². The molecule has 0 fully saturated rings. The van der Waals surface area contributed by atoms with Crippen LogP contribution in [0, 0.1) is 6.92 Å². The highest BCUT2D eigenvalue weighted by atomic mass is 16.5. The monoisotopic (exact) mass is 348 g/mol. The Morgan fingerprint density at radius 3 is 2.77 bits per heavy atom. The number of rotatable bonds is 5. The van der Waals surface area contributed by atoms with Crippen LogP contribution in [0.15, 0.2) is 47.0 Å². The Morgan fingerprint density at radius 2 is 1.96 bits per heavy atom. The SMILES string of the molecule is Cc1ccccc1-c1nc(-c2ccc3c(c2)nnn3CCN(C)C)no1. The third-order valence-electron chi connectivity index (χ3n) is 4.33. The van der Waals surface area contributed by atoms with Gasteiger partial charge in [0.2, 0.25) is 5.82 Å². The molecule has 0 radical (unpaired) electrons. The molecule has 0 aliphatic heterocycles. The predicted octanol–water partition coefficient (Wildman–Crippen LogP) is 3.02. The summed E-state index contributed by atoms with van der Waals surface area (Å²) in [6, 6.07) is 13.9. The molecule has 0 aliphatic rings. The molecule has 26 heavy (non-hydrogen) atoms. The van der Waals surface area contributed by atoms with Crippen molar-refractivity contribution in [1.82, 2.24) is 30.0 Å². The molecule has 4 rings (SSSR count). The number of nitrogens with zero attached hydrogens (tertiary/aromatic N) is 6. The van der Waals surface area contributed by atoms with Gasteiger partial charge in [0.1, 0.15) is 5.52 Å². The van der Waals surface area contributed by atoms with Crippen molar-refractivity contribution in [3.05, 3.63) is 48.0 Å². The third-order valence-corrected chi connectivity index (χ3v) is 4.33. The summed E-state index contributed by atoms with van der Waals surface area (Å²) in [6.45, 7) is 3.73. The average Bonchev–Trinajstić information content (AvgIpc) is 3.27. The van der Waals surface area contributed by atoms with E-state index in [-0.39, 0.29) is 0 Å². The van der Waals surface area contributed by atoms with Crippen molar-refractivity contribution in [2.24, 2.45) is 0 Å². The summed E-state index contributed by atoms with van der Waals surface area (Å²) >= 11 is 0. The van der Waals surface area contributed by atoms with E-state index in [0.717, 1.165) is 40.8 Å². The van der Waals surface area contributed by atoms with Gasteiger partial charge in [-0.25, -0.2) is 4.68 Å². The molecule has 132 valence electrons. The Balaban J connectivity index is 1.64. The Labute approximate surface area is 151 Å². The molecule has 7 nitrogen and oxygen atoms in total. The van der Waals surface area contributed by atoms with Gasteiger partial charge in [-0.3, -0.25) is 0 Å². The van der Waals surface area contributed by atoms with E-state index in [9.17, 15) is 0 Å². The van der Waals surface area contributed by atoms with E-state index in [4.69, 9.17) is 4.52 Å². The molecule has 0 spiro atoms. The van der Waals surface area contributed by atoms with Crippen LogP contribution in [0.5, 0.6) is 0 Å². The van der Waals surface area contributed by atoms with E-state index in [2.05, 4.69) is 25.4 Å². The van der Waals surface area contributed by atoms with Crippen molar-refractivity contribution < 1.29 is 4.52 Å². The minimum absolute atomic E-state index is 0.521. The van der Waals surface area contributed by atoms with Crippen LogP contribution in [0.25, 0.3) is 33.9 Å². The van der Waals surface area contributed by atoms with Gasteiger partial charge in [0.15, 0.2) is 0 Å². The zero-order valence-electron chi connectivity index (χ0n) is 15.0. The summed E-state index contributed by atoms with van der Waals surface area (Å²) < 4.78 is 7.37. The van der Waals surface area contributed by atoms with Gasteiger partial charge in [-0.2, -0.15) is 4.98 Å². The Hall–Kier alpha value is -3.06. The Bertz CT molecular complexity index is 1050. The van der Waals surface area contributed by atoms with Crippen LogP contribution in [-0.4, -0.2) is 50.7 Å². The molecule has 4 aromatic rings. The molecule has 0 saturated carbocycles. The second-order valence-corrected chi connectivity index (χ2v) is 6.56. The summed E-state index contributed by atoms with van der Waals surface area (Å²) in [5.41, 5.74) is 4.73. The second-order valence-electron chi connectivity index (χ2n) is 6.56. The fourth-order valence-corrected chi connectivity index (χ4v) is 2.83. The van der Waals surface area contributed by atoms with E-state index in [1.807, 2.05) is 68.2 Å². The first kappa shape index (κ1) is 16.4. The van der Waals surface area contributed by atoms with Gasteiger partial charge in [-0.1, -0.05) is 28.6 Å². The molecule has 0 atom stereocenters. The van der Waals surface area contributed by atoms with Crippen molar-refractivity contribution >= 4 is 11.0 Å². The molecule has 0 unspecified atom stereocenters. The molecule has 0 aliphatic carbocycles. The molecule has 0 amide bonds. The number of hydrogen-bond donors (Lipinski definition) is 0. The summed E-state index contributed by atoms with van der Waals surface area (Å²) in [5, 5.41) is 12.6. The van der Waals surface area contributed by atoms with E-state index < -0.39 is 0 Å². The van der Waals surface area contributed by atoms with Gasteiger partial charge < -0.3 is 9.42 Å². The summed E-state index contributed by atoms with van der Waals surface area (Å²) in [5.74, 6) is 1.07. The second kappa shape index (κ2) is 6.68. The zero-order valence-corrected chi connectivity index (χ0v) is 15.0. The number of hydrogen-bond acceptors (Lipinski definition) is 6. The quantitative estimate of drug-likeness (QED) is 0.552. The maximum absolute atomic E-state index is 5.46. The first-order chi connectivity index (χ1) is 12.6. The minimum Gasteiger partial charge on any atom is -0.334 e. The van der Waals surface area contributed by atoms with Gasteiger partial charge >= 0.3 is 0 Å². The lowest BCUT2D eigenvalue weighted by molar-refractivity contribution is 0.374. The van der Waals surface area contributed by atoms with Crippen molar-refractivity contribution in [2.45, 2.75) is 13.5 Å². The average molecular weight is 348 g/mol. The molecule has 0 saturated heterocycles. The minimum atomic E-state index is 0.521. The van der Waals surface area contributed by atoms with Crippen LogP contribution >= 0.6 is 0 Å². The molecule has 0 bridgehead atoms. The van der Waals surface area contributed by atoms with E-state index in [0.29, 0.717) is 11.7 Å². The number of fused-ring (bicyclic) bond motifs is 1. The summed E-state index contributed by atoms with van der Waals surface area (Å²) in [4.78, 5) is 6.66. The lowest BCUT2D eigenvalue weighted by atomic mass is 10.1. The van der Waals surface area contributed by atoms with Crippen molar-refractivity contribution in [2.75, 3.05) is 20.6 Å². The van der Waals surface area contributed by atoms with Crippen LogP contribution in [0.1, 0.15) is 5.56 Å². The van der Waals surface area contributed by atoms with Crippen LogP contribution in [-0.2, 0) is 6.54 Å². The van der Waals surface area contributed by atoms with Crippen molar-refractivity contribution in [1.29, 1.82) is 0 Å². The van der Waals surface area contributed by atoms with Crippen LogP contribution in [0.3, 0.4) is 0 Å². The van der Waals surface area contributed by atoms with Gasteiger partial charge in [-0.15, -0.1) is 5.10 Å². The zero-order chi connectivity index (χ0) is 18.1. The molecule has 0 N–H and O–H groups in total. The summed E-state index contributed by atoms with van der Waals surface area (Å²) in [6.07, 6.45) is 0. The highest BCUT2D eigenvalue weighted by Crippen LogP contribution is 2.26. The normalized spacial score (nSPS) is 11.5. The van der Waals surface area contributed by atoms with E-state index >= 15 is 0 Å². The largest absolute Gasteiger partial charge is 0.334 e. The molecule has 7 heteroatoms. The molecular weight excluding hydrogens is 328 g/mol. The van der Waals surface area contributed by atoms with Crippen molar-refractivity contribution in [3.63, 3.8) is 0 Å². The highest BCUT2D eigenvalue weighted by Gasteiger charge is 2.14. The maximum Gasteiger partial charge on any atom is 0.258 e. The van der Waals surface area contributed by atoms with E-state index in [1.54, 1.807) is 0 Å². The third kappa shape index (κ3) is 3.09. The number of aryl methyl sites for hydroxylation is 1. The first-order valence-corrected chi connectivity index (χ1v) is 8.50. The number of likely N-dealkylation sites (N-methyl/N-ethyl adjacent to an activating group) is 1. The lowest BCUT2D eigenvalue weighted by Crippen LogP contribution is -2.18. The summed E-state index contributed by atoms with van der Waals surface area (Å²) in [7, 11) is 4.08. The van der Waals surface area contributed by atoms with Crippen molar-refractivity contribution in [3.8, 4) is 22.8 Å². The molecule has 2 heterocycles. The van der Waals surface area contributed by atoms with Crippen LogP contribution in [0.2, 0.25) is 0 Å². The smallest absolute Gasteiger partial charge is 0.258 e. The number of aromatic nitrogens is 5. The predicted molar refractivity (Wildman–Crippen MR) is 99.5 cm³/mol. The van der Waals surface area contributed by atoms with Crippen LogP contribution < -0.4 is 0 Å². The molecule has 2 aromatic carbocycles. The maximum atomic E-state index is 5.46. The van der Waals surface area contributed by atoms with Gasteiger partial charge in [0.05, 0.1) is 12.1 Å². The Morgan fingerprint density at radius 1 is 1.12 bits per heavy atom. The number of benzene rings is 2. The van der Waals surface area contributed by atoms with Crippen LogP contribution in [0.4, 0.5) is 0 Å². The first-order valence-electron chi connectivity index (χ1n) is 8.50. The molecular formula is C19H20N6O. The standard InChI is InChI=1S/C19H20N6O/c1-13-6-4-5-7-15(13)19-20-18(22-26-19)14-8-9-17-16(12-14)21-23-25(17)11-10-24(2)3/h4-9,12H,10-11H2,1-3H3. The lowest BCUT2D eigenvalue weighted by Gasteiger charge is -2.09. The fraction of sp³-hybridized carbons (Fsp3) is 0.263. The van der Waals surface area contributed by atoms with E-state index in [1.165, 1.54) is 0 Å². The molecule has 2 aromatic heterocycles. The topological polar surface area (TPSA) is 72.9 Å². The van der Waals surface area contributed by atoms with Gasteiger partial charge in [0, 0.05) is 17.7 Å². The fourth-order valence-electron chi connectivity index (χ4n) is 2.83. The highest BCUT2D eigenvalue weighted by molar-refractivity contribution is 5.80. The Kier molecular flexibility index (Phi) is 4.22. The van der Waals surface area contributed by atoms with Gasteiger partial charge in [0.25, 0.3) is 5.89 Å².